The molecule has 0 aliphatic rings. The Kier molecular flexibility index (Phi) is 5.03. The fourth-order valence-electron chi connectivity index (χ4n) is 2.22. The summed E-state index contributed by atoms with van der Waals surface area (Å²) in [6, 6.07) is 8.20. The second-order valence-electron chi connectivity index (χ2n) is 5.60. The molecule has 0 atom stereocenters. The Balaban J connectivity index is 1.71. The molecule has 0 unspecified atom stereocenters. The monoisotopic (exact) mass is 377 g/mol. The predicted molar refractivity (Wildman–Crippen MR) is 93.3 cm³/mol. The fraction of sp³-hybridized carbons (Fsp3) is 0.167. The molecule has 1 aromatic carbocycles. The minimum atomic E-state index is -4.49. The summed E-state index contributed by atoms with van der Waals surface area (Å²) in [6.45, 7) is 2.38. The number of thiazole rings is 1. The van der Waals surface area contributed by atoms with Gasteiger partial charge < -0.3 is 5.32 Å². The van der Waals surface area contributed by atoms with E-state index in [-0.39, 0.29) is 10.4 Å². The zero-order chi connectivity index (χ0) is 18.7. The molecule has 0 radical (unpaired) electrons. The van der Waals surface area contributed by atoms with E-state index >= 15 is 0 Å². The maximum Gasteiger partial charge on any atom is 0.416 e. The lowest BCUT2D eigenvalue weighted by Crippen LogP contribution is -2.07. The summed E-state index contributed by atoms with van der Waals surface area (Å²) in [6.07, 6.45) is -1.38. The molecule has 134 valence electrons. The van der Waals surface area contributed by atoms with Gasteiger partial charge in [0.15, 0.2) is 5.13 Å². The van der Waals surface area contributed by atoms with Crippen LogP contribution in [0.1, 0.15) is 32.1 Å². The van der Waals surface area contributed by atoms with E-state index in [4.69, 9.17) is 0 Å². The number of halogens is 3. The zero-order valence-corrected chi connectivity index (χ0v) is 14.5. The van der Waals surface area contributed by atoms with Crippen molar-refractivity contribution < 1.29 is 18.0 Å². The molecule has 3 rings (SSSR count). The van der Waals surface area contributed by atoms with Crippen molar-refractivity contribution in [2.24, 2.45) is 0 Å². The van der Waals surface area contributed by atoms with Gasteiger partial charge in [0, 0.05) is 24.0 Å². The van der Waals surface area contributed by atoms with E-state index in [2.05, 4.69) is 15.3 Å². The Labute approximate surface area is 151 Å². The van der Waals surface area contributed by atoms with Crippen LogP contribution in [0.5, 0.6) is 0 Å². The average Bonchev–Trinajstić information content (AvgIpc) is 3.09. The number of benzene rings is 1. The number of aromatic nitrogens is 2. The maximum atomic E-state index is 12.8. The third kappa shape index (κ3) is 4.26. The van der Waals surface area contributed by atoms with Crippen LogP contribution in [0, 0.1) is 6.92 Å². The number of pyridine rings is 1. The van der Waals surface area contributed by atoms with Gasteiger partial charge in [-0.15, -0.1) is 0 Å². The first-order valence-electron chi connectivity index (χ1n) is 7.66. The predicted octanol–water partition coefficient (Wildman–Crippen LogP) is 4.71. The molecule has 26 heavy (non-hydrogen) atoms. The number of hydrogen-bond donors (Lipinski definition) is 1. The Morgan fingerprint density at radius 1 is 1.15 bits per heavy atom. The standard InChI is InChI=1S/C18H14F3N3OS/c1-11-5-6-12(8-22-11)9-23-17-24-10-15(26-17)16(25)13-3-2-4-14(7-13)18(19,20)21/h2-8,10H,9H2,1H3,(H,23,24). The molecule has 2 aromatic heterocycles. The Bertz CT molecular complexity index is 920. The molecule has 0 amide bonds. The number of carbonyl (C=O) groups excluding carboxylic acids is 1. The second-order valence-corrected chi connectivity index (χ2v) is 6.63. The van der Waals surface area contributed by atoms with Gasteiger partial charge in [0.25, 0.3) is 0 Å². The van der Waals surface area contributed by atoms with Gasteiger partial charge in [-0.3, -0.25) is 9.78 Å². The van der Waals surface area contributed by atoms with E-state index in [1.54, 1.807) is 6.20 Å². The molecule has 0 bridgehead atoms. The summed E-state index contributed by atoms with van der Waals surface area (Å²) in [5, 5.41) is 3.59. The van der Waals surface area contributed by atoms with Gasteiger partial charge in [-0.25, -0.2) is 4.98 Å². The largest absolute Gasteiger partial charge is 0.416 e. The molecule has 2 heterocycles. The summed E-state index contributed by atoms with van der Waals surface area (Å²) >= 11 is 1.10. The molecule has 0 aliphatic carbocycles. The highest BCUT2D eigenvalue weighted by Crippen LogP contribution is 2.30. The summed E-state index contributed by atoms with van der Waals surface area (Å²) in [5.74, 6) is -0.487. The number of nitrogens with one attached hydrogen (secondary N) is 1. The van der Waals surface area contributed by atoms with E-state index in [0.717, 1.165) is 34.7 Å². The summed E-state index contributed by atoms with van der Waals surface area (Å²) in [5.41, 5.74) is 1.00. The van der Waals surface area contributed by atoms with Crippen LogP contribution in [0.2, 0.25) is 0 Å². The van der Waals surface area contributed by atoms with Crippen molar-refractivity contribution in [2.75, 3.05) is 5.32 Å². The Morgan fingerprint density at radius 3 is 2.65 bits per heavy atom. The van der Waals surface area contributed by atoms with E-state index in [1.807, 2.05) is 19.1 Å². The van der Waals surface area contributed by atoms with Gasteiger partial charge in [-0.05, 0) is 30.7 Å². The number of carbonyl (C=O) groups is 1. The van der Waals surface area contributed by atoms with E-state index in [1.165, 1.54) is 18.3 Å². The van der Waals surface area contributed by atoms with E-state index in [0.29, 0.717) is 11.7 Å². The highest BCUT2D eigenvalue weighted by molar-refractivity contribution is 7.17. The first-order chi connectivity index (χ1) is 12.3. The van der Waals surface area contributed by atoms with Crippen molar-refractivity contribution in [2.45, 2.75) is 19.6 Å². The normalized spacial score (nSPS) is 11.4. The third-order valence-corrected chi connectivity index (χ3v) is 4.55. The minimum Gasteiger partial charge on any atom is -0.357 e. The lowest BCUT2D eigenvalue weighted by molar-refractivity contribution is -0.137. The lowest BCUT2D eigenvalue weighted by Gasteiger charge is -2.07. The SMILES string of the molecule is Cc1ccc(CNc2ncc(C(=O)c3cccc(C(F)(F)F)c3)s2)cn1. The molecule has 0 spiro atoms. The number of hydrogen-bond acceptors (Lipinski definition) is 5. The van der Waals surface area contributed by atoms with Crippen molar-refractivity contribution in [1.29, 1.82) is 0 Å². The molecule has 8 heteroatoms. The molecule has 0 saturated carbocycles. The van der Waals surface area contributed by atoms with Gasteiger partial charge in [0.05, 0.1) is 16.6 Å². The quantitative estimate of drug-likeness (QED) is 0.655. The maximum absolute atomic E-state index is 12.8. The van der Waals surface area contributed by atoms with Crippen molar-refractivity contribution in [3.8, 4) is 0 Å². The average molecular weight is 377 g/mol. The molecular weight excluding hydrogens is 363 g/mol. The molecule has 1 N–H and O–H groups in total. The molecular formula is C18H14F3N3OS. The summed E-state index contributed by atoms with van der Waals surface area (Å²) in [7, 11) is 0. The van der Waals surface area contributed by atoms with Gasteiger partial charge in [-0.1, -0.05) is 29.5 Å². The van der Waals surface area contributed by atoms with Gasteiger partial charge in [0.2, 0.25) is 5.78 Å². The summed E-state index contributed by atoms with van der Waals surface area (Å²) < 4.78 is 38.4. The molecule has 4 nitrogen and oxygen atoms in total. The number of aryl methyl sites for hydroxylation is 1. The number of rotatable bonds is 5. The van der Waals surface area contributed by atoms with Crippen LogP contribution < -0.4 is 5.32 Å². The van der Waals surface area contributed by atoms with Gasteiger partial charge >= 0.3 is 6.18 Å². The van der Waals surface area contributed by atoms with Crippen molar-refractivity contribution >= 4 is 22.3 Å². The third-order valence-electron chi connectivity index (χ3n) is 3.60. The van der Waals surface area contributed by atoms with Crippen LogP contribution in [0.15, 0.2) is 48.8 Å². The first-order valence-corrected chi connectivity index (χ1v) is 8.48. The second kappa shape index (κ2) is 7.25. The van der Waals surface area contributed by atoms with Crippen LogP contribution >= 0.6 is 11.3 Å². The van der Waals surface area contributed by atoms with Crippen molar-refractivity contribution in [1.82, 2.24) is 9.97 Å². The van der Waals surface area contributed by atoms with Crippen molar-refractivity contribution in [3.05, 3.63) is 76.1 Å². The molecule has 0 fully saturated rings. The number of anilines is 1. The summed E-state index contributed by atoms with van der Waals surface area (Å²) in [4.78, 5) is 21.0. The van der Waals surface area contributed by atoms with Crippen LogP contribution in [-0.2, 0) is 12.7 Å². The highest BCUT2D eigenvalue weighted by Gasteiger charge is 2.31. The topological polar surface area (TPSA) is 54.9 Å². The van der Waals surface area contributed by atoms with Crippen LogP contribution in [0.25, 0.3) is 0 Å². The molecule has 0 saturated heterocycles. The van der Waals surface area contributed by atoms with E-state index < -0.39 is 17.5 Å². The lowest BCUT2D eigenvalue weighted by atomic mass is 10.1. The van der Waals surface area contributed by atoms with Crippen molar-refractivity contribution in [3.63, 3.8) is 0 Å². The van der Waals surface area contributed by atoms with Crippen LogP contribution in [0.4, 0.5) is 18.3 Å². The Hall–Kier alpha value is -2.74. The smallest absolute Gasteiger partial charge is 0.357 e. The number of ketones is 1. The zero-order valence-electron chi connectivity index (χ0n) is 13.7. The number of alkyl halides is 3. The first kappa shape index (κ1) is 18.1. The molecule has 0 aliphatic heterocycles. The Morgan fingerprint density at radius 2 is 1.96 bits per heavy atom. The van der Waals surface area contributed by atoms with E-state index in [9.17, 15) is 18.0 Å². The van der Waals surface area contributed by atoms with Crippen LogP contribution in [-0.4, -0.2) is 15.8 Å². The highest BCUT2D eigenvalue weighted by atomic mass is 32.1. The van der Waals surface area contributed by atoms with Gasteiger partial charge in [0.1, 0.15) is 0 Å². The minimum absolute atomic E-state index is 0.0160. The fourth-order valence-corrected chi connectivity index (χ4v) is 2.99. The number of nitrogens with zero attached hydrogens (tertiary/aromatic N) is 2. The molecule has 3 aromatic rings. The van der Waals surface area contributed by atoms with Gasteiger partial charge in [-0.2, -0.15) is 13.2 Å². The van der Waals surface area contributed by atoms with Crippen LogP contribution in [0.3, 0.4) is 0 Å².